The van der Waals surface area contributed by atoms with E-state index in [0.717, 1.165) is 35.4 Å². The van der Waals surface area contributed by atoms with Gasteiger partial charge in [-0.1, -0.05) is 6.07 Å². The lowest BCUT2D eigenvalue weighted by molar-refractivity contribution is 0.0936. The first-order valence-electron chi connectivity index (χ1n) is 7.90. The molecule has 3 rings (SSSR count). The lowest BCUT2D eigenvalue weighted by Gasteiger charge is -2.35. The quantitative estimate of drug-likeness (QED) is 0.924. The second-order valence-corrected chi connectivity index (χ2v) is 7.06. The van der Waals surface area contributed by atoms with E-state index < -0.39 is 0 Å². The number of nitrogens with one attached hydrogen (secondary N) is 1. The Balaban J connectivity index is 1.70. The molecule has 1 amide bonds. The average molecular weight is 332 g/mol. The van der Waals surface area contributed by atoms with E-state index in [1.807, 2.05) is 36.3 Å². The monoisotopic (exact) mass is 332 g/mol. The van der Waals surface area contributed by atoms with E-state index in [4.69, 9.17) is 0 Å². The van der Waals surface area contributed by atoms with Crippen LogP contribution in [-0.2, 0) is 0 Å². The number of aryl methyl sites for hydroxylation is 2. The predicted molar refractivity (Wildman–Crippen MR) is 92.9 cm³/mol. The first-order chi connectivity index (χ1) is 11.0. The molecule has 1 aromatic carbocycles. The molecule has 0 spiro atoms. The maximum absolute atomic E-state index is 14.1. The molecule has 5 heteroatoms. The topological polar surface area (TPSA) is 32.3 Å². The summed E-state index contributed by atoms with van der Waals surface area (Å²) >= 11 is 1.46. The third kappa shape index (κ3) is 3.55. The highest BCUT2D eigenvalue weighted by molar-refractivity contribution is 7.12. The third-order valence-corrected chi connectivity index (χ3v) is 5.28. The normalized spacial score (nSPS) is 18.0. The Kier molecular flexibility index (Phi) is 4.66. The lowest BCUT2D eigenvalue weighted by Crippen LogP contribution is -2.48. The second-order valence-electron chi connectivity index (χ2n) is 6.15. The fraction of sp³-hybridized carbons (Fsp3) is 0.389. The summed E-state index contributed by atoms with van der Waals surface area (Å²) in [5.41, 5.74) is 2.68. The zero-order valence-electron chi connectivity index (χ0n) is 13.4. The number of piperidine rings is 1. The van der Waals surface area contributed by atoms with E-state index in [1.54, 1.807) is 6.07 Å². The first-order valence-corrected chi connectivity index (χ1v) is 8.78. The summed E-state index contributed by atoms with van der Waals surface area (Å²) in [6.07, 6.45) is 1.88. The number of hydrogen-bond acceptors (Lipinski definition) is 3. The van der Waals surface area contributed by atoms with E-state index >= 15 is 0 Å². The molecule has 1 unspecified atom stereocenters. The van der Waals surface area contributed by atoms with Crippen molar-refractivity contribution in [2.24, 2.45) is 0 Å². The molecule has 1 N–H and O–H groups in total. The van der Waals surface area contributed by atoms with Crippen molar-refractivity contribution in [1.29, 1.82) is 0 Å². The van der Waals surface area contributed by atoms with Gasteiger partial charge in [0.05, 0.1) is 10.6 Å². The zero-order valence-corrected chi connectivity index (χ0v) is 14.3. The van der Waals surface area contributed by atoms with E-state index in [2.05, 4.69) is 5.32 Å². The van der Waals surface area contributed by atoms with Crippen molar-refractivity contribution in [2.75, 3.05) is 18.0 Å². The van der Waals surface area contributed by atoms with Gasteiger partial charge in [-0.25, -0.2) is 4.39 Å². The van der Waals surface area contributed by atoms with Crippen molar-refractivity contribution in [1.82, 2.24) is 5.32 Å². The van der Waals surface area contributed by atoms with Crippen molar-refractivity contribution in [3.05, 3.63) is 51.5 Å². The minimum Gasteiger partial charge on any atom is -0.367 e. The van der Waals surface area contributed by atoms with Crippen LogP contribution >= 0.6 is 11.3 Å². The average Bonchev–Trinajstić information content (AvgIpc) is 2.96. The molecule has 1 aromatic heterocycles. The zero-order chi connectivity index (χ0) is 16.4. The highest BCUT2D eigenvalue weighted by Crippen LogP contribution is 2.25. The van der Waals surface area contributed by atoms with Crippen LogP contribution in [0, 0.1) is 19.7 Å². The van der Waals surface area contributed by atoms with Gasteiger partial charge in [-0.3, -0.25) is 4.79 Å². The molecule has 1 atom stereocenters. The van der Waals surface area contributed by atoms with Crippen molar-refractivity contribution in [3.8, 4) is 0 Å². The van der Waals surface area contributed by atoms with Crippen LogP contribution in [0.4, 0.5) is 10.1 Å². The minimum atomic E-state index is -0.198. The van der Waals surface area contributed by atoms with Gasteiger partial charge >= 0.3 is 0 Å². The molecule has 2 aromatic rings. The summed E-state index contributed by atoms with van der Waals surface area (Å²) in [5, 5.41) is 5.03. The molecule has 122 valence electrons. The summed E-state index contributed by atoms with van der Waals surface area (Å²) in [5.74, 6) is -0.217. The number of carbonyl (C=O) groups excluding carboxylic acids is 1. The molecule has 0 bridgehead atoms. The fourth-order valence-electron chi connectivity index (χ4n) is 3.04. The van der Waals surface area contributed by atoms with Gasteiger partial charge in [0.15, 0.2) is 0 Å². The molecule has 3 nitrogen and oxygen atoms in total. The molecular weight excluding hydrogens is 311 g/mol. The van der Waals surface area contributed by atoms with Gasteiger partial charge in [0.1, 0.15) is 5.82 Å². The SMILES string of the molecule is Cc1ccc(F)c(N2CCCC(NC(=O)c3sccc3C)C2)c1. The van der Waals surface area contributed by atoms with Crippen LogP contribution in [0.3, 0.4) is 0 Å². The largest absolute Gasteiger partial charge is 0.367 e. The van der Waals surface area contributed by atoms with Gasteiger partial charge in [-0.05, 0) is 61.4 Å². The van der Waals surface area contributed by atoms with E-state index in [9.17, 15) is 9.18 Å². The summed E-state index contributed by atoms with van der Waals surface area (Å²) in [6, 6.07) is 7.18. The maximum atomic E-state index is 14.1. The van der Waals surface area contributed by atoms with Gasteiger partial charge in [0.25, 0.3) is 5.91 Å². The Morgan fingerprint density at radius 1 is 1.35 bits per heavy atom. The highest BCUT2D eigenvalue weighted by Gasteiger charge is 2.24. The molecule has 0 aliphatic carbocycles. The Morgan fingerprint density at radius 3 is 2.91 bits per heavy atom. The summed E-state index contributed by atoms with van der Waals surface area (Å²) in [4.78, 5) is 15.2. The number of hydrogen-bond donors (Lipinski definition) is 1. The van der Waals surface area contributed by atoms with Crippen molar-refractivity contribution >= 4 is 22.9 Å². The maximum Gasteiger partial charge on any atom is 0.261 e. The lowest BCUT2D eigenvalue weighted by atomic mass is 10.0. The number of halogens is 1. The van der Waals surface area contributed by atoms with Crippen LogP contribution in [0.5, 0.6) is 0 Å². The van der Waals surface area contributed by atoms with Gasteiger partial charge in [0.2, 0.25) is 0 Å². The molecule has 1 fully saturated rings. The molecule has 0 saturated carbocycles. The molecular formula is C18H21FN2OS. The number of anilines is 1. The van der Waals surface area contributed by atoms with E-state index in [0.29, 0.717) is 12.2 Å². The number of thiophene rings is 1. The summed E-state index contributed by atoms with van der Waals surface area (Å²) < 4.78 is 14.1. The number of benzene rings is 1. The van der Waals surface area contributed by atoms with Crippen LogP contribution in [0.2, 0.25) is 0 Å². The van der Waals surface area contributed by atoms with Crippen LogP contribution in [0.15, 0.2) is 29.6 Å². The van der Waals surface area contributed by atoms with Gasteiger partial charge in [0, 0.05) is 19.1 Å². The predicted octanol–water partition coefficient (Wildman–Crippen LogP) is 3.90. The summed E-state index contributed by atoms with van der Waals surface area (Å²) in [7, 11) is 0. The Hall–Kier alpha value is -1.88. The third-order valence-electron chi connectivity index (χ3n) is 4.27. The number of amides is 1. The fourth-order valence-corrected chi connectivity index (χ4v) is 3.86. The number of nitrogens with zero attached hydrogens (tertiary/aromatic N) is 1. The molecule has 1 aliphatic heterocycles. The smallest absolute Gasteiger partial charge is 0.261 e. The minimum absolute atomic E-state index is 0.0194. The Bertz CT molecular complexity index is 713. The van der Waals surface area contributed by atoms with Crippen LogP contribution < -0.4 is 10.2 Å². The Labute approximate surface area is 140 Å². The van der Waals surface area contributed by atoms with Gasteiger partial charge in [-0.2, -0.15) is 0 Å². The summed E-state index contributed by atoms with van der Waals surface area (Å²) in [6.45, 7) is 5.38. The van der Waals surface area contributed by atoms with Crippen molar-refractivity contribution < 1.29 is 9.18 Å². The molecule has 1 saturated heterocycles. The second kappa shape index (κ2) is 6.71. The standard InChI is InChI=1S/C18H21FN2OS/c1-12-5-6-15(19)16(10-12)21-8-3-4-14(11-21)20-18(22)17-13(2)7-9-23-17/h5-7,9-10,14H,3-4,8,11H2,1-2H3,(H,20,22). The number of carbonyl (C=O) groups is 1. The van der Waals surface area contributed by atoms with E-state index in [-0.39, 0.29) is 17.8 Å². The number of rotatable bonds is 3. The van der Waals surface area contributed by atoms with Crippen LogP contribution in [-0.4, -0.2) is 25.0 Å². The van der Waals surface area contributed by atoms with Gasteiger partial charge < -0.3 is 10.2 Å². The van der Waals surface area contributed by atoms with Crippen LogP contribution in [0.25, 0.3) is 0 Å². The van der Waals surface area contributed by atoms with Gasteiger partial charge in [-0.15, -0.1) is 11.3 Å². The molecule has 1 aliphatic rings. The highest BCUT2D eigenvalue weighted by atomic mass is 32.1. The first kappa shape index (κ1) is 16.0. The molecule has 2 heterocycles. The van der Waals surface area contributed by atoms with Crippen molar-refractivity contribution in [2.45, 2.75) is 32.7 Å². The Morgan fingerprint density at radius 2 is 2.17 bits per heavy atom. The van der Waals surface area contributed by atoms with Crippen molar-refractivity contribution in [3.63, 3.8) is 0 Å². The molecule has 23 heavy (non-hydrogen) atoms. The van der Waals surface area contributed by atoms with E-state index in [1.165, 1.54) is 17.4 Å². The van der Waals surface area contributed by atoms with Crippen LogP contribution in [0.1, 0.15) is 33.6 Å². The molecule has 0 radical (unpaired) electrons.